The summed E-state index contributed by atoms with van der Waals surface area (Å²) < 4.78 is 0. The fourth-order valence-electron chi connectivity index (χ4n) is 4.52. The van der Waals surface area contributed by atoms with E-state index >= 15 is 0 Å². The first-order chi connectivity index (χ1) is 18.7. The molecule has 176 valence electrons. The molecule has 0 atom stereocenters. The molecule has 0 saturated heterocycles. The zero-order chi connectivity index (χ0) is 25.9. The molecule has 0 aliphatic heterocycles. The summed E-state index contributed by atoms with van der Waals surface area (Å²) in [6.07, 6.45) is 6.53. The average Bonchev–Trinajstić information content (AvgIpc) is 3.00. The van der Waals surface area contributed by atoms with Gasteiger partial charge in [0.15, 0.2) is 0 Å². The maximum absolute atomic E-state index is 9.25. The third-order valence-corrected chi connectivity index (χ3v) is 6.28. The predicted octanol–water partition coefficient (Wildman–Crippen LogP) is 7.51. The van der Waals surface area contributed by atoms with Crippen LogP contribution in [0.25, 0.3) is 60.6 Å². The highest BCUT2D eigenvalue weighted by Gasteiger charge is 2.12. The Hall–Kier alpha value is -5.72. The summed E-state index contributed by atoms with van der Waals surface area (Å²) in [4.78, 5) is 21.7. The molecule has 0 N–H and O–H groups in total. The molecule has 6 nitrogen and oxygen atoms in total. The quantitative estimate of drug-likeness (QED) is 0.241. The maximum atomic E-state index is 9.25. The van der Waals surface area contributed by atoms with Crippen LogP contribution in [0, 0.1) is 17.9 Å². The first-order valence-electron chi connectivity index (χ1n) is 11.9. The Morgan fingerprint density at radius 1 is 0.605 bits per heavy atom. The van der Waals surface area contributed by atoms with Crippen LogP contribution in [0.15, 0.2) is 110 Å². The fourth-order valence-corrected chi connectivity index (χ4v) is 4.52. The van der Waals surface area contributed by atoms with Crippen LogP contribution in [0.5, 0.6) is 0 Å². The van der Waals surface area contributed by atoms with E-state index in [1.165, 1.54) is 0 Å². The second-order valence-electron chi connectivity index (χ2n) is 8.64. The Kier molecular flexibility index (Phi) is 5.82. The highest BCUT2D eigenvalue weighted by Crippen LogP contribution is 2.35. The minimum atomic E-state index is 0.481. The van der Waals surface area contributed by atoms with Gasteiger partial charge >= 0.3 is 0 Å². The number of pyridine rings is 4. The molecule has 4 heterocycles. The van der Waals surface area contributed by atoms with Gasteiger partial charge in [-0.1, -0.05) is 48.5 Å². The Balaban J connectivity index is 1.45. The monoisotopic (exact) mass is 486 g/mol. The van der Waals surface area contributed by atoms with Crippen molar-refractivity contribution in [3.63, 3.8) is 0 Å². The molecule has 0 fully saturated rings. The van der Waals surface area contributed by atoms with Crippen LogP contribution in [0.2, 0.25) is 0 Å². The Morgan fingerprint density at radius 3 is 1.71 bits per heavy atom. The largest absolute Gasteiger partial charge is 0.276 e. The van der Waals surface area contributed by atoms with Crippen LogP contribution in [0.3, 0.4) is 0 Å². The lowest BCUT2D eigenvalue weighted by atomic mass is 9.96. The van der Waals surface area contributed by atoms with Crippen molar-refractivity contribution in [2.24, 2.45) is 0 Å². The van der Waals surface area contributed by atoms with Crippen molar-refractivity contribution in [3.8, 4) is 51.1 Å². The van der Waals surface area contributed by atoms with Gasteiger partial charge in [0.25, 0.3) is 0 Å². The number of nitrogens with zero attached hydrogens (tertiary/aromatic N) is 6. The van der Waals surface area contributed by atoms with E-state index in [-0.39, 0.29) is 0 Å². The topological polar surface area (TPSA) is 79.7 Å². The van der Waals surface area contributed by atoms with Gasteiger partial charge in [-0.3, -0.25) is 9.97 Å². The molecule has 0 unspecified atom stereocenters. The number of hydrogen-bond donors (Lipinski definition) is 0. The number of benzene rings is 2. The Bertz CT molecular complexity index is 1770. The molecule has 0 aliphatic rings. The van der Waals surface area contributed by atoms with Crippen LogP contribution >= 0.6 is 0 Å². The van der Waals surface area contributed by atoms with Gasteiger partial charge in [-0.25, -0.2) is 14.8 Å². The molecule has 0 bridgehead atoms. The van der Waals surface area contributed by atoms with Crippen LogP contribution < -0.4 is 0 Å². The number of fused-ring (bicyclic) bond motifs is 1. The molecule has 6 aromatic rings. The SMILES string of the molecule is [C-]#[N+]c1cncc(-c2cccc(-c3cccc4c(-c5cccc(-c6cncc(C#N)c6)n5)cccc34)n2)c1. The highest BCUT2D eigenvalue weighted by atomic mass is 14.8. The minimum absolute atomic E-state index is 0.481. The van der Waals surface area contributed by atoms with Crippen LogP contribution in [0.4, 0.5) is 5.69 Å². The van der Waals surface area contributed by atoms with Gasteiger partial charge in [-0.2, -0.15) is 5.26 Å². The number of hydrogen-bond acceptors (Lipinski definition) is 5. The number of aromatic nitrogens is 4. The van der Waals surface area contributed by atoms with E-state index in [2.05, 4.69) is 45.1 Å². The summed E-state index contributed by atoms with van der Waals surface area (Å²) in [5, 5.41) is 11.4. The third-order valence-electron chi connectivity index (χ3n) is 6.28. The number of nitriles is 1. The molecule has 0 saturated carbocycles. The lowest BCUT2D eigenvalue weighted by Gasteiger charge is -2.12. The van der Waals surface area contributed by atoms with Gasteiger partial charge in [-0.15, -0.1) is 0 Å². The maximum Gasteiger partial charge on any atom is 0.205 e. The normalized spacial score (nSPS) is 10.6. The van der Waals surface area contributed by atoms with Gasteiger partial charge in [0, 0.05) is 47.0 Å². The molecule has 0 radical (unpaired) electrons. The molecule has 4 aromatic heterocycles. The van der Waals surface area contributed by atoms with Gasteiger partial charge in [-0.05, 0) is 47.2 Å². The second-order valence-corrected chi connectivity index (χ2v) is 8.64. The standard InChI is InChI=1S/C32H18N6/c1-34-24-15-23(19-36-20-24)30-11-5-13-32(38-30)28-9-3-6-25-26(28)7-2-8-27(25)31-12-4-10-29(37-31)22-14-21(16-33)17-35-18-22/h2-15,17-20H. The highest BCUT2D eigenvalue weighted by molar-refractivity contribution is 6.03. The van der Waals surface area contributed by atoms with E-state index in [1.54, 1.807) is 36.9 Å². The summed E-state index contributed by atoms with van der Waals surface area (Å²) in [7, 11) is 0. The van der Waals surface area contributed by atoms with E-state index < -0.39 is 0 Å². The van der Waals surface area contributed by atoms with Gasteiger partial charge in [0.1, 0.15) is 6.07 Å². The third kappa shape index (κ3) is 4.24. The molecule has 6 heteroatoms. The molecular formula is C32H18N6. The second kappa shape index (κ2) is 9.73. The summed E-state index contributed by atoms with van der Waals surface area (Å²) in [5.41, 5.74) is 7.76. The average molecular weight is 487 g/mol. The molecular weight excluding hydrogens is 468 g/mol. The minimum Gasteiger partial charge on any atom is -0.276 e. The summed E-state index contributed by atoms with van der Waals surface area (Å²) in [6, 6.07) is 29.9. The lowest BCUT2D eigenvalue weighted by Crippen LogP contribution is -1.92. The zero-order valence-electron chi connectivity index (χ0n) is 20.1. The van der Waals surface area contributed by atoms with Crippen molar-refractivity contribution in [1.82, 2.24) is 19.9 Å². The predicted molar refractivity (Wildman–Crippen MR) is 148 cm³/mol. The molecule has 38 heavy (non-hydrogen) atoms. The summed E-state index contributed by atoms with van der Waals surface area (Å²) in [5.74, 6) is 0. The smallest absolute Gasteiger partial charge is 0.205 e. The van der Waals surface area contributed by atoms with E-state index in [0.717, 1.165) is 55.8 Å². The molecule has 0 amide bonds. The molecule has 0 spiro atoms. The molecule has 2 aromatic carbocycles. The molecule has 6 rings (SSSR count). The van der Waals surface area contributed by atoms with Crippen LogP contribution in [0.1, 0.15) is 5.56 Å². The van der Waals surface area contributed by atoms with Crippen LogP contribution in [-0.2, 0) is 0 Å². The fraction of sp³-hybridized carbons (Fsp3) is 0. The van der Waals surface area contributed by atoms with Crippen molar-refractivity contribution < 1.29 is 0 Å². The first kappa shape index (κ1) is 22.7. The summed E-state index contributed by atoms with van der Waals surface area (Å²) in [6.45, 7) is 7.28. The molecule has 0 aliphatic carbocycles. The Labute approximate surface area is 219 Å². The van der Waals surface area contributed by atoms with Gasteiger partial charge < -0.3 is 0 Å². The van der Waals surface area contributed by atoms with Crippen molar-refractivity contribution in [2.45, 2.75) is 0 Å². The lowest BCUT2D eigenvalue weighted by molar-refractivity contribution is 1.27. The van der Waals surface area contributed by atoms with Gasteiger partial charge in [0.05, 0.1) is 34.9 Å². The zero-order valence-corrected chi connectivity index (χ0v) is 20.1. The first-order valence-corrected chi connectivity index (χ1v) is 11.9. The van der Waals surface area contributed by atoms with E-state index in [0.29, 0.717) is 11.3 Å². The number of rotatable bonds is 4. The van der Waals surface area contributed by atoms with Crippen LogP contribution in [-0.4, -0.2) is 19.9 Å². The van der Waals surface area contributed by atoms with Crippen molar-refractivity contribution in [2.75, 3.05) is 0 Å². The van der Waals surface area contributed by atoms with Crippen molar-refractivity contribution in [1.29, 1.82) is 5.26 Å². The van der Waals surface area contributed by atoms with Crippen molar-refractivity contribution >= 4 is 16.5 Å². The van der Waals surface area contributed by atoms with E-state index in [1.807, 2.05) is 48.5 Å². The van der Waals surface area contributed by atoms with E-state index in [4.69, 9.17) is 16.5 Å². The van der Waals surface area contributed by atoms with Gasteiger partial charge in [0.2, 0.25) is 5.69 Å². The van der Waals surface area contributed by atoms with E-state index in [9.17, 15) is 5.26 Å². The van der Waals surface area contributed by atoms with Crippen molar-refractivity contribution in [3.05, 3.63) is 127 Å². The summed E-state index contributed by atoms with van der Waals surface area (Å²) >= 11 is 0. The Morgan fingerprint density at radius 2 is 1.13 bits per heavy atom.